The average molecular weight is 542 g/mol. The summed E-state index contributed by atoms with van der Waals surface area (Å²) in [6.07, 6.45) is 0. The number of imidazole rings is 2. The predicted molar refractivity (Wildman–Crippen MR) is 173 cm³/mol. The summed E-state index contributed by atoms with van der Waals surface area (Å²) < 4.78 is 4.56. The summed E-state index contributed by atoms with van der Waals surface area (Å²) >= 11 is 0. The van der Waals surface area contributed by atoms with Gasteiger partial charge >= 0.3 is 0 Å². The van der Waals surface area contributed by atoms with Gasteiger partial charge in [-0.25, -0.2) is 4.98 Å². The minimum atomic E-state index is -2.57. The van der Waals surface area contributed by atoms with Crippen molar-refractivity contribution >= 4 is 56.7 Å². The first-order valence-corrected chi connectivity index (χ1v) is 16.0. The Hall–Kier alpha value is -5.19. The number of hydrogen-bond acceptors (Lipinski definition) is 1. The Morgan fingerprint density at radius 2 is 0.829 bits per heavy atom. The van der Waals surface area contributed by atoms with Crippen molar-refractivity contribution in [1.82, 2.24) is 14.0 Å². The number of hydrogen-bond donors (Lipinski definition) is 0. The molecule has 2 heterocycles. The van der Waals surface area contributed by atoms with Gasteiger partial charge in [0, 0.05) is 5.69 Å². The van der Waals surface area contributed by atoms with E-state index >= 15 is 0 Å². The van der Waals surface area contributed by atoms with Crippen molar-refractivity contribution in [3.05, 3.63) is 164 Å². The van der Waals surface area contributed by atoms with Crippen LogP contribution in [0.25, 0.3) is 33.5 Å². The van der Waals surface area contributed by atoms with Crippen molar-refractivity contribution in [2.45, 2.75) is 0 Å². The molecule has 0 unspecified atom stereocenters. The van der Waals surface area contributed by atoms with E-state index < -0.39 is 8.07 Å². The molecule has 0 fully saturated rings. The smallest absolute Gasteiger partial charge is 0.220 e. The van der Waals surface area contributed by atoms with Gasteiger partial charge < -0.3 is 0 Å². The van der Waals surface area contributed by atoms with E-state index in [2.05, 4.69) is 173 Å². The number of rotatable bonds is 5. The fourth-order valence-corrected chi connectivity index (χ4v) is 11.3. The molecule has 41 heavy (non-hydrogen) atoms. The molecule has 0 radical (unpaired) electrons. The molecule has 2 aromatic heterocycles. The molecule has 0 atom stereocenters. The molecule has 0 bridgehead atoms. The molecule has 0 saturated carbocycles. The summed E-state index contributed by atoms with van der Waals surface area (Å²) in [5, 5.41) is 5.47. The highest BCUT2D eigenvalue weighted by molar-refractivity contribution is 7.19. The second kappa shape index (κ2) is 9.47. The predicted octanol–water partition coefficient (Wildman–Crippen LogP) is 5.81. The maximum absolute atomic E-state index is 5.08. The van der Waals surface area contributed by atoms with E-state index in [1.165, 1.54) is 20.7 Å². The monoisotopic (exact) mass is 541 g/mol. The zero-order chi connectivity index (χ0) is 27.2. The molecular weight excluding hydrogens is 515 g/mol. The molecule has 3 nitrogen and oxygen atoms in total. The lowest BCUT2D eigenvalue weighted by atomic mass is 10.2. The lowest BCUT2D eigenvalue weighted by molar-refractivity contribution is 1.11. The molecular formula is C37H27N3Si. The third kappa shape index (κ3) is 3.54. The van der Waals surface area contributed by atoms with Gasteiger partial charge in [0.05, 0.1) is 22.1 Å². The minimum Gasteiger partial charge on any atom is -0.278 e. The first kappa shape index (κ1) is 23.7. The fraction of sp³-hybridized carbons (Fsp3) is 0. The molecule has 0 aliphatic carbocycles. The van der Waals surface area contributed by atoms with Gasteiger partial charge in [-0.3, -0.25) is 8.97 Å². The maximum atomic E-state index is 5.08. The fourth-order valence-electron chi connectivity index (χ4n) is 6.53. The SMILES string of the molecule is c1ccc([Si](c2ccccc2)(c2ccccc2)c2ccc(-n3c4ccccc4n4c5ccccc5nc34)cc2)cc1. The first-order valence-electron chi connectivity index (χ1n) is 14.0. The minimum absolute atomic E-state index is 0.929. The van der Waals surface area contributed by atoms with Crippen molar-refractivity contribution in [3.8, 4) is 5.69 Å². The van der Waals surface area contributed by atoms with Crippen LogP contribution in [0.15, 0.2) is 164 Å². The highest BCUT2D eigenvalue weighted by Gasteiger charge is 2.41. The molecule has 0 saturated heterocycles. The van der Waals surface area contributed by atoms with Gasteiger partial charge in [-0.2, -0.15) is 0 Å². The van der Waals surface area contributed by atoms with E-state index in [0.717, 1.165) is 33.5 Å². The molecule has 4 heteroatoms. The molecule has 0 amide bonds. The molecule has 0 N–H and O–H groups in total. The van der Waals surface area contributed by atoms with Crippen molar-refractivity contribution in [2.24, 2.45) is 0 Å². The molecule has 8 aromatic rings. The zero-order valence-corrected chi connectivity index (χ0v) is 23.4. The lowest BCUT2D eigenvalue weighted by Gasteiger charge is -2.34. The van der Waals surface area contributed by atoms with Crippen LogP contribution in [-0.2, 0) is 0 Å². The Morgan fingerprint density at radius 3 is 1.39 bits per heavy atom. The number of fused-ring (bicyclic) bond motifs is 5. The van der Waals surface area contributed by atoms with Gasteiger partial charge in [-0.1, -0.05) is 127 Å². The first-order chi connectivity index (χ1) is 20.4. The third-order valence-electron chi connectivity index (χ3n) is 8.29. The largest absolute Gasteiger partial charge is 0.278 e. The second-order valence-corrected chi connectivity index (χ2v) is 14.3. The Labute approximate surface area is 239 Å². The van der Waals surface area contributed by atoms with Crippen LogP contribution in [-0.4, -0.2) is 22.0 Å². The van der Waals surface area contributed by atoms with E-state index in [-0.39, 0.29) is 0 Å². The quantitative estimate of drug-likeness (QED) is 0.199. The maximum Gasteiger partial charge on any atom is 0.220 e. The number of aromatic nitrogens is 3. The molecule has 0 aliphatic rings. The van der Waals surface area contributed by atoms with Crippen LogP contribution >= 0.6 is 0 Å². The molecule has 0 aliphatic heterocycles. The molecule has 6 aromatic carbocycles. The van der Waals surface area contributed by atoms with Gasteiger partial charge in [0.2, 0.25) is 5.78 Å². The van der Waals surface area contributed by atoms with E-state index in [4.69, 9.17) is 4.98 Å². The van der Waals surface area contributed by atoms with Crippen LogP contribution in [0.4, 0.5) is 0 Å². The standard InChI is InChI=1S/C37H27N3Si/c1-4-14-29(15-5-1)41(30-16-6-2-7-17-30,31-18-8-3-9-19-31)32-26-24-28(25-27-32)39-35-22-12-13-23-36(35)40-34-21-11-10-20-33(34)38-37(39)40/h1-27H. The van der Waals surface area contributed by atoms with Crippen molar-refractivity contribution in [2.75, 3.05) is 0 Å². The summed E-state index contributed by atoms with van der Waals surface area (Å²) in [6, 6.07) is 59.4. The number of benzene rings is 6. The van der Waals surface area contributed by atoms with Crippen LogP contribution < -0.4 is 20.7 Å². The van der Waals surface area contributed by atoms with Gasteiger partial charge in [0.25, 0.3) is 0 Å². The average Bonchev–Trinajstić information content (AvgIpc) is 3.58. The summed E-state index contributed by atoms with van der Waals surface area (Å²) in [7, 11) is -2.57. The van der Waals surface area contributed by atoms with Gasteiger partial charge in [0.15, 0.2) is 8.07 Å². The molecule has 8 rings (SSSR count). The van der Waals surface area contributed by atoms with Crippen LogP contribution in [0.1, 0.15) is 0 Å². The van der Waals surface area contributed by atoms with E-state index in [1.54, 1.807) is 0 Å². The van der Waals surface area contributed by atoms with Gasteiger partial charge in [-0.15, -0.1) is 0 Å². The number of nitrogens with zero attached hydrogens (tertiary/aromatic N) is 3. The van der Waals surface area contributed by atoms with E-state index in [1.807, 2.05) is 0 Å². The normalized spacial score (nSPS) is 11.9. The van der Waals surface area contributed by atoms with Crippen molar-refractivity contribution in [3.63, 3.8) is 0 Å². The Morgan fingerprint density at radius 1 is 0.390 bits per heavy atom. The molecule has 194 valence electrons. The molecule has 0 spiro atoms. The second-order valence-electron chi connectivity index (χ2n) is 10.5. The summed E-state index contributed by atoms with van der Waals surface area (Å²) in [4.78, 5) is 5.08. The Bertz CT molecular complexity index is 2030. The van der Waals surface area contributed by atoms with Crippen molar-refractivity contribution < 1.29 is 0 Å². The lowest BCUT2D eigenvalue weighted by Crippen LogP contribution is -2.74. The van der Waals surface area contributed by atoms with E-state index in [9.17, 15) is 0 Å². The van der Waals surface area contributed by atoms with Crippen LogP contribution in [0.5, 0.6) is 0 Å². The number of para-hydroxylation sites is 4. The van der Waals surface area contributed by atoms with Crippen LogP contribution in [0.2, 0.25) is 0 Å². The van der Waals surface area contributed by atoms with Crippen LogP contribution in [0, 0.1) is 0 Å². The topological polar surface area (TPSA) is 22.2 Å². The zero-order valence-electron chi connectivity index (χ0n) is 22.4. The highest BCUT2D eigenvalue weighted by atomic mass is 28.3. The van der Waals surface area contributed by atoms with Crippen molar-refractivity contribution in [1.29, 1.82) is 0 Å². The van der Waals surface area contributed by atoms with Gasteiger partial charge in [-0.05, 0) is 57.1 Å². The summed E-state index contributed by atoms with van der Waals surface area (Å²) in [5.74, 6) is 0.929. The van der Waals surface area contributed by atoms with E-state index in [0.29, 0.717) is 0 Å². The summed E-state index contributed by atoms with van der Waals surface area (Å²) in [5.41, 5.74) is 5.53. The third-order valence-corrected chi connectivity index (χ3v) is 13.1. The van der Waals surface area contributed by atoms with Crippen LogP contribution in [0.3, 0.4) is 0 Å². The Kier molecular flexibility index (Phi) is 5.47. The van der Waals surface area contributed by atoms with Gasteiger partial charge in [0.1, 0.15) is 0 Å². The highest BCUT2D eigenvalue weighted by Crippen LogP contribution is 2.29. The summed E-state index contributed by atoms with van der Waals surface area (Å²) in [6.45, 7) is 0. The Balaban J connectivity index is 1.39.